The number of anilines is 2. The van der Waals surface area contributed by atoms with E-state index in [2.05, 4.69) is 45.0 Å². The van der Waals surface area contributed by atoms with E-state index in [9.17, 15) is 4.79 Å². The molecule has 1 aliphatic heterocycles. The summed E-state index contributed by atoms with van der Waals surface area (Å²) in [6.07, 6.45) is 0.810. The number of nitrogens with zero attached hydrogens (tertiary/aromatic N) is 3. The normalized spacial score (nSPS) is 18.1. The highest BCUT2D eigenvalue weighted by Crippen LogP contribution is 2.38. The van der Waals surface area contributed by atoms with Gasteiger partial charge in [-0.2, -0.15) is 4.98 Å². The highest BCUT2D eigenvalue weighted by Gasteiger charge is 2.31. The number of carbonyl (C=O) groups excluding carboxylic acids is 1. The second-order valence-electron chi connectivity index (χ2n) is 7.48. The van der Waals surface area contributed by atoms with E-state index in [1.807, 2.05) is 48.9 Å². The van der Waals surface area contributed by atoms with E-state index in [0.717, 1.165) is 17.7 Å². The molecule has 1 amide bonds. The number of fused-ring (bicyclic) bond motifs is 1. The van der Waals surface area contributed by atoms with Crippen LogP contribution in [0.15, 0.2) is 54.6 Å². The van der Waals surface area contributed by atoms with Crippen LogP contribution >= 0.6 is 0 Å². The summed E-state index contributed by atoms with van der Waals surface area (Å²) >= 11 is 0. The van der Waals surface area contributed by atoms with Crippen molar-refractivity contribution in [2.75, 3.05) is 17.7 Å². The Morgan fingerprint density at radius 2 is 1.86 bits per heavy atom. The summed E-state index contributed by atoms with van der Waals surface area (Å²) in [7, 11) is 1.66. The molecule has 2 heterocycles. The summed E-state index contributed by atoms with van der Waals surface area (Å²) in [6.45, 7) is 3.68. The maximum Gasteiger partial charge on any atom is 0.250 e. The van der Waals surface area contributed by atoms with E-state index in [4.69, 9.17) is 4.74 Å². The molecule has 7 nitrogen and oxygen atoms in total. The molecular weight excluding hydrogens is 366 g/mol. The number of aromatic nitrogens is 3. The minimum absolute atomic E-state index is 0.0143. The molecule has 7 heteroatoms. The van der Waals surface area contributed by atoms with Crippen LogP contribution in [-0.4, -0.2) is 27.8 Å². The Labute approximate surface area is 170 Å². The Bertz CT molecular complexity index is 982. The van der Waals surface area contributed by atoms with E-state index in [-0.39, 0.29) is 23.9 Å². The van der Waals surface area contributed by atoms with E-state index in [1.54, 1.807) is 7.11 Å². The standard InChI is InChI=1S/C22H25N5O2/c1-14(2)20(28)24-21-25-22-23-18(15-7-5-4-6-8-15)13-19(27(22)26-21)16-9-11-17(29-3)12-10-16/h4-12,14,18-19H,13H2,1-3H3,(H2,23,24,25,26,28)/t18-,19-/m0/s1. The number of hydrogen-bond donors (Lipinski definition) is 2. The van der Waals surface area contributed by atoms with Gasteiger partial charge in [0, 0.05) is 5.92 Å². The lowest BCUT2D eigenvalue weighted by Gasteiger charge is -2.31. The van der Waals surface area contributed by atoms with Crippen molar-refractivity contribution in [3.05, 3.63) is 65.7 Å². The van der Waals surface area contributed by atoms with Gasteiger partial charge in [-0.05, 0) is 29.7 Å². The Balaban J connectivity index is 1.70. The van der Waals surface area contributed by atoms with Crippen molar-refractivity contribution in [1.29, 1.82) is 0 Å². The van der Waals surface area contributed by atoms with Crippen LogP contribution in [0.1, 0.15) is 43.5 Å². The van der Waals surface area contributed by atoms with E-state index in [1.165, 1.54) is 5.56 Å². The first-order chi connectivity index (χ1) is 14.0. The van der Waals surface area contributed by atoms with Gasteiger partial charge in [0.25, 0.3) is 5.95 Å². The van der Waals surface area contributed by atoms with Gasteiger partial charge in [0.15, 0.2) is 0 Å². The van der Waals surface area contributed by atoms with Crippen molar-refractivity contribution in [1.82, 2.24) is 14.8 Å². The summed E-state index contributed by atoms with van der Waals surface area (Å²) < 4.78 is 7.15. The number of benzene rings is 2. The Kier molecular flexibility index (Phi) is 5.20. The van der Waals surface area contributed by atoms with Gasteiger partial charge in [-0.15, -0.1) is 5.10 Å². The average Bonchev–Trinajstić information content (AvgIpc) is 3.16. The predicted octanol–water partition coefficient (Wildman–Crippen LogP) is 4.03. The van der Waals surface area contributed by atoms with E-state index < -0.39 is 0 Å². The fourth-order valence-corrected chi connectivity index (χ4v) is 3.49. The molecule has 0 radical (unpaired) electrons. The monoisotopic (exact) mass is 391 g/mol. The smallest absolute Gasteiger partial charge is 0.250 e. The van der Waals surface area contributed by atoms with Crippen LogP contribution in [0.2, 0.25) is 0 Å². The molecular formula is C22H25N5O2. The molecule has 0 saturated heterocycles. The van der Waals surface area contributed by atoms with Gasteiger partial charge in [0.2, 0.25) is 11.9 Å². The van der Waals surface area contributed by atoms with Crippen molar-refractivity contribution < 1.29 is 9.53 Å². The number of ether oxygens (including phenoxy) is 1. The molecule has 0 unspecified atom stereocenters. The zero-order chi connectivity index (χ0) is 20.4. The molecule has 0 fully saturated rings. The topological polar surface area (TPSA) is 81.1 Å². The Hall–Kier alpha value is -3.35. The first kappa shape index (κ1) is 19.0. The zero-order valence-electron chi connectivity index (χ0n) is 16.8. The van der Waals surface area contributed by atoms with Crippen LogP contribution in [0.25, 0.3) is 0 Å². The molecule has 1 aromatic heterocycles. The second-order valence-corrected chi connectivity index (χ2v) is 7.48. The lowest BCUT2D eigenvalue weighted by Crippen LogP contribution is -2.28. The maximum atomic E-state index is 12.1. The van der Waals surface area contributed by atoms with Crippen LogP contribution < -0.4 is 15.4 Å². The molecule has 29 heavy (non-hydrogen) atoms. The predicted molar refractivity (Wildman–Crippen MR) is 112 cm³/mol. The van der Waals surface area contributed by atoms with Crippen LogP contribution in [0.5, 0.6) is 5.75 Å². The number of methoxy groups -OCH3 is 1. The molecule has 0 bridgehead atoms. The fourth-order valence-electron chi connectivity index (χ4n) is 3.49. The van der Waals surface area contributed by atoms with E-state index >= 15 is 0 Å². The van der Waals surface area contributed by atoms with Crippen LogP contribution in [0.4, 0.5) is 11.9 Å². The lowest BCUT2D eigenvalue weighted by molar-refractivity contribution is -0.118. The molecule has 2 atom stereocenters. The number of rotatable bonds is 5. The van der Waals surface area contributed by atoms with Crippen LogP contribution in [-0.2, 0) is 4.79 Å². The minimum atomic E-state index is -0.141. The largest absolute Gasteiger partial charge is 0.497 e. The van der Waals surface area contributed by atoms with Crippen molar-refractivity contribution in [2.24, 2.45) is 5.92 Å². The molecule has 1 aliphatic rings. The molecule has 0 aliphatic carbocycles. The van der Waals surface area contributed by atoms with E-state index in [0.29, 0.717) is 11.9 Å². The molecule has 2 aromatic carbocycles. The van der Waals surface area contributed by atoms with Crippen molar-refractivity contribution >= 4 is 17.8 Å². The summed E-state index contributed by atoms with van der Waals surface area (Å²) in [6, 6.07) is 18.4. The summed E-state index contributed by atoms with van der Waals surface area (Å²) in [5, 5.41) is 10.9. The number of carbonyl (C=O) groups is 1. The van der Waals surface area contributed by atoms with Gasteiger partial charge in [0.1, 0.15) is 5.75 Å². The van der Waals surface area contributed by atoms with Crippen molar-refractivity contribution in [3.8, 4) is 5.75 Å². The van der Waals surface area contributed by atoms with Gasteiger partial charge >= 0.3 is 0 Å². The minimum Gasteiger partial charge on any atom is -0.497 e. The average molecular weight is 391 g/mol. The first-order valence-electron chi connectivity index (χ1n) is 9.78. The molecule has 4 rings (SSSR count). The Morgan fingerprint density at radius 1 is 1.14 bits per heavy atom. The zero-order valence-corrected chi connectivity index (χ0v) is 16.8. The van der Waals surface area contributed by atoms with Gasteiger partial charge in [-0.3, -0.25) is 10.1 Å². The third-order valence-corrected chi connectivity index (χ3v) is 5.15. The lowest BCUT2D eigenvalue weighted by atomic mass is 9.93. The number of hydrogen-bond acceptors (Lipinski definition) is 5. The van der Waals surface area contributed by atoms with Gasteiger partial charge in [-0.25, -0.2) is 4.68 Å². The number of amides is 1. The molecule has 150 valence electrons. The second kappa shape index (κ2) is 7.95. The highest BCUT2D eigenvalue weighted by molar-refractivity contribution is 5.90. The van der Waals surface area contributed by atoms with Crippen LogP contribution in [0.3, 0.4) is 0 Å². The number of nitrogens with one attached hydrogen (secondary N) is 2. The third-order valence-electron chi connectivity index (χ3n) is 5.15. The molecule has 2 N–H and O–H groups in total. The third kappa shape index (κ3) is 3.94. The highest BCUT2D eigenvalue weighted by atomic mass is 16.5. The maximum absolute atomic E-state index is 12.1. The molecule has 0 saturated carbocycles. The van der Waals surface area contributed by atoms with Crippen molar-refractivity contribution in [2.45, 2.75) is 32.4 Å². The SMILES string of the molecule is COc1ccc([C@@H]2C[C@@H](c3ccccc3)Nc3nc(NC(=O)C(C)C)nn32)cc1. The van der Waals surface area contributed by atoms with Gasteiger partial charge < -0.3 is 10.1 Å². The van der Waals surface area contributed by atoms with Crippen molar-refractivity contribution in [3.63, 3.8) is 0 Å². The summed E-state index contributed by atoms with van der Waals surface area (Å²) in [5.41, 5.74) is 2.30. The summed E-state index contributed by atoms with van der Waals surface area (Å²) in [4.78, 5) is 16.6. The van der Waals surface area contributed by atoms with Gasteiger partial charge in [0.05, 0.1) is 19.2 Å². The Morgan fingerprint density at radius 3 is 2.52 bits per heavy atom. The van der Waals surface area contributed by atoms with Gasteiger partial charge in [-0.1, -0.05) is 56.3 Å². The molecule has 3 aromatic rings. The summed E-state index contributed by atoms with van der Waals surface area (Å²) in [5.74, 6) is 1.53. The fraction of sp³-hybridized carbons (Fsp3) is 0.318. The quantitative estimate of drug-likeness (QED) is 0.686. The first-order valence-corrected chi connectivity index (χ1v) is 9.78. The molecule has 0 spiro atoms. The van der Waals surface area contributed by atoms with Crippen LogP contribution in [0, 0.1) is 5.92 Å².